The average molecular weight is 308 g/mol. The summed E-state index contributed by atoms with van der Waals surface area (Å²) in [7, 11) is 1.73. The molecule has 0 aliphatic heterocycles. The third-order valence-electron chi connectivity index (χ3n) is 3.54. The Kier molecular flexibility index (Phi) is 3.00. The Morgan fingerprint density at radius 3 is 3.04 bits per heavy atom. The molecule has 1 amide bonds. The zero-order valence-corrected chi connectivity index (χ0v) is 12.2. The van der Waals surface area contributed by atoms with E-state index in [2.05, 4.69) is 24.9 Å². The van der Waals surface area contributed by atoms with Crippen LogP contribution in [0.15, 0.2) is 47.5 Å². The van der Waals surface area contributed by atoms with E-state index in [-0.39, 0.29) is 5.91 Å². The normalized spacial score (nSPS) is 11.2. The lowest BCUT2D eigenvalue weighted by molar-refractivity contribution is 0.0780. The van der Waals surface area contributed by atoms with E-state index in [4.69, 9.17) is 0 Å². The number of hydrogen-bond acceptors (Lipinski definition) is 6. The zero-order valence-electron chi connectivity index (χ0n) is 12.2. The van der Waals surface area contributed by atoms with E-state index in [0.717, 1.165) is 5.56 Å². The highest BCUT2D eigenvalue weighted by Crippen LogP contribution is 2.14. The predicted octanol–water partition coefficient (Wildman–Crippen LogP) is 1.54. The number of rotatable bonds is 3. The molecule has 4 rings (SSSR count). The van der Waals surface area contributed by atoms with Gasteiger partial charge in [-0.25, -0.2) is 14.6 Å². The Labute approximate surface area is 130 Å². The van der Waals surface area contributed by atoms with Crippen LogP contribution < -0.4 is 0 Å². The molecule has 0 aliphatic carbocycles. The Hall–Kier alpha value is -3.29. The molecule has 0 unspecified atom stereocenters. The first-order valence-corrected chi connectivity index (χ1v) is 6.97. The molecule has 0 fully saturated rings. The first-order chi connectivity index (χ1) is 11.2. The highest BCUT2D eigenvalue weighted by molar-refractivity contribution is 5.92. The van der Waals surface area contributed by atoms with Gasteiger partial charge in [-0.3, -0.25) is 9.20 Å². The van der Waals surface area contributed by atoms with Crippen molar-refractivity contribution in [2.75, 3.05) is 7.05 Å². The lowest BCUT2D eigenvalue weighted by Gasteiger charge is -2.15. The Morgan fingerprint density at radius 2 is 2.17 bits per heavy atom. The Bertz CT molecular complexity index is 972. The monoisotopic (exact) mass is 308 g/mol. The summed E-state index contributed by atoms with van der Waals surface area (Å²) in [5.41, 5.74) is 2.65. The van der Waals surface area contributed by atoms with Gasteiger partial charge in [0.2, 0.25) is 5.78 Å². The third kappa shape index (κ3) is 2.39. The predicted molar refractivity (Wildman–Crippen MR) is 80.6 cm³/mol. The molecule has 8 nitrogen and oxygen atoms in total. The van der Waals surface area contributed by atoms with Crippen LogP contribution in [0.1, 0.15) is 16.1 Å². The van der Waals surface area contributed by atoms with Crippen LogP contribution in [0.5, 0.6) is 0 Å². The number of fused-ring (bicyclic) bond motifs is 2. The van der Waals surface area contributed by atoms with Gasteiger partial charge in [0.15, 0.2) is 0 Å². The van der Waals surface area contributed by atoms with Gasteiger partial charge in [-0.05, 0) is 34.1 Å². The maximum absolute atomic E-state index is 12.5. The van der Waals surface area contributed by atoms with E-state index in [1.165, 1.54) is 0 Å². The zero-order chi connectivity index (χ0) is 15.8. The Balaban J connectivity index is 1.57. The van der Waals surface area contributed by atoms with Crippen LogP contribution in [0.4, 0.5) is 0 Å². The quantitative estimate of drug-likeness (QED) is 0.570. The maximum Gasteiger partial charge on any atom is 0.274 e. The number of amides is 1. The summed E-state index contributed by atoms with van der Waals surface area (Å²) in [5.74, 6) is 0.327. The molecule has 0 bridgehead atoms. The number of aromatic nitrogens is 5. The number of imidazole rings is 1. The van der Waals surface area contributed by atoms with Crippen molar-refractivity contribution < 1.29 is 9.42 Å². The molecule has 0 saturated heterocycles. The summed E-state index contributed by atoms with van der Waals surface area (Å²) >= 11 is 0. The molecule has 4 aromatic rings. The first kappa shape index (κ1) is 13.4. The average Bonchev–Trinajstić information content (AvgIpc) is 3.19. The molecule has 0 radical (unpaired) electrons. The second-order valence-electron chi connectivity index (χ2n) is 5.20. The van der Waals surface area contributed by atoms with Gasteiger partial charge in [0.25, 0.3) is 5.91 Å². The van der Waals surface area contributed by atoms with Gasteiger partial charge in [-0.2, -0.15) is 0 Å². The van der Waals surface area contributed by atoms with Gasteiger partial charge in [-0.15, -0.1) is 0 Å². The lowest BCUT2D eigenvalue weighted by Crippen LogP contribution is -2.26. The molecular formula is C15H12N6O2. The van der Waals surface area contributed by atoms with Gasteiger partial charge in [-0.1, -0.05) is 6.07 Å². The van der Waals surface area contributed by atoms with Crippen LogP contribution in [-0.2, 0) is 6.54 Å². The van der Waals surface area contributed by atoms with E-state index in [9.17, 15) is 4.79 Å². The van der Waals surface area contributed by atoms with Gasteiger partial charge in [0.05, 0.1) is 0 Å². The molecule has 114 valence electrons. The van der Waals surface area contributed by atoms with Crippen LogP contribution >= 0.6 is 0 Å². The van der Waals surface area contributed by atoms with Crippen LogP contribution in [0.3, 0.4) is 0 Å². The largest absolute Gasteiger partial charge is 0.336 e. The molecule has 0 atom stereocenters. The van der Waals surface area contributed by atoms with Crippen molar-refractivity contribution >= 4 is 22.7 Å². The number of carbonyl (C=O) groups excluding carboxylic acids is 1. The van der Waals surface area contributed by atoms with Crippen LogP contribution in [-0.4, -0.2) is 42.5 Å². The fourth-order valence-electron chi connectivity index (χ4n) is 2.40. The first-order valence-electron chi connectivity index (χ1n) is 6.97. The lowest BCUT2D eigenvalue weighted by atomic mass is 10.2. The van der Waals surface area contributed by atoms with E-state index in [1.54, 1.807) is 41.0 Å². The van der Waals surface area contributed by atoms with Crippen LogP contribution in [0, 0.1) is 0 Å². The summed E-state index contributed by atoms with van der Waals surface area (Å²) in [4.78, 5) is 22.5. The summed E-state index contributed by atoms with van der Waals surface area (Å²) in [5, 5.41) is 7.56. The molecule has 1 aromatic carbocycles. The summed E-state index contributed by atoms with van der Waals surface area (Å²) in [6, 6.07) is 7.34. The van der Waals surface area contributed by atoms with Gasteiger partial charge in [0.1, 0.15) is 16.7 Å². The van der Waals surface area contributed by atoms with E-state index >= 15 is 0 Å². The fourth-order valence-corrected chi connectivity index (χ4v) is 2.40. The van der Waals surface area contributed by atoms with Crippen molar-refractivity contribution in [1.29, 1.82) is 0 Å². The maximum atomic E-state index is 12.5. The number of benzene rings is 1. The van der Waals surface area contributed by atoms with Gasteiger partial charge < -0.3 is 4.90 Å². The minimum absolute atomic E-state index is 0.172. The molecule has 23 heavy (non-hydrogen) atoms. The van der Waals surface area contributed by atoms with Gasteiger partial charge >= 0.3 is 0 Å². The summed E-state index contributed by atoms with van der Waals surface area (Å²) in [6.45, 7) is 0.433. The smallest absolute Gasteiger partial charge is 0.274 e. The van der Waals surface area contributed by atoms with E-state index in [0.29, 0.717) is 29.0 Å². The fraction of sp³-hybridized carbons (Fsp3) is 0.133. The number of carbonyl (C=O) groups is 1. The van der Waals surface area contributed by atoms with Crippen molar-refractivity contribution in [2.45, 2.75) is 6.54 Å². The molecule has 0 aliphatic rings. The topological polar surface area (TPSA) is 89.4 Å². The minimum Gasteiger partial charge on any atom is -0.336 e. The third-order valence-corrected chi connectivity index (χ3v) is 3.54. The highest BCUT2D eigenvalue weighted by atomic mass is 16.6. The Morgan fingerprint density at radius 1 is 1.30 bits per heavy atom. The minimum atomic E-state index is -0.172. The molecular weight excluding hydrogens is 296 g/mol. The van der Waals surface area contributed by atoms with E-state index < -0.39 is 0 Å². The molecule has 3 heterocycles. The molecule has 3 aromatic heterocycles. The van der Waals surface area contributed by atoms with Gasteiger partial charge in [0, 0.05) is 32.2 Å². The van der Waals surface area contributed by atoms with Crippen molar-refractivity contribution in [3.05, 3.63) is 54.1 Å². The van der Waals surface area contributed by atoms with Crippen molar-refractivity contribution in [3.63, 3.8) is 0 Å². The highest BCUT2D eigenvalue weighted by Gasteiger charge is 2.16. The van der Waals surface area contributed by atoms with Crippen molar-refractivity contribution in [2.24, 2.45) is 0 Å². The molecule has 0 saturated carbocycles. The second-order valence-corrected chi connectivity index (χ2v) is 5.20. The van der Waals surface area contributed by atoms with Crippen LogP contribution in [0.25, 0.3) is 16.8 Å². The molecule has 8 heteroatoms. The standard InChI is InChI=1S/C15H12N6O2/c1-20(8-10-3-4-11-12(7-10)19-23-18-11)14(22)13-9-21-6-2-5-16-15(21)17-13/h2-7,9H,8H2,1H3. The van der Waals surface area contributed by atoms with Crippen LogP contribution in [0.2, 0.25) is 0 Å². The SMILES string of the molecule is CN(Cc1ccc2nonc2c1)C(=O)c1cn2cccnc2n1. The van der Waals surface area contributed by atoms with Crippen molar-refractivity contribution in [3.8, 4) is 0 Å². The summed E-state index contributed by atoms with van der Waals surface area (Å²) in [6.07, 6.45) is 5.12. The van der Waals surface area contributed by atoms with E-state index in [1.807, 2.05) is 18.2 Å². The summed E-state index contributed by atoms with van der Waals surface area (Å²) < 4.78 is 6.39. The molecule has 0 N–H and O–H groups in total. The van der Waals surface area contributed by atoms with Crippen molar-refractivity contribution in [1.82, 2.24) is 29.6 Å². The second kappa shape index (κ2) is 5.16. The number of hydrogen-bond donors (Lipinski definition) is 0. The molecule has 0 spiro atoms. The number of nitrogens with zero attached hydrogens (tertiary/aromatic N) is 6.